The SMILES string of the molecule is Cn1c(SCC#N)nnc1-c1cccc(C#N)c1. The molecule has 2 rings (SSSR count). The molecule has 2 aromatic rings. The molecular weight excluding hydrogens is 246 g/mol. The second-order valence-electron chi connectivity index (χ2n) is 3.50. The summed E-state index contributed by atoms with van der Waals surface area (Å²) in [7, 11) is 1.84. The number of thioether (sulfide) groups is 1. The van der Waals surface area contributed by atoms with Crippen molar-refractivity contribution in [1.82, 2.24) is 14.8 Å². The Hall–Kier alpha value is -2.31. The molecule has 0 aliphatic heterocycles. The first-order valence-electron chi connectivity index (χ1n) is 5.16. The van der Waals surface area contributed by atoms with Gasteiger partial charge in [0.15, 0.2) is 11.0 Å². The number of nitriles is 2. The highest BCUT2D eigenvalue weighted by Gasteiger charge is 2.11. The zero-order valence-electron chi connectivity index (χ0n) is 9.66. The molecule has 0 fully saturated rings. The van der Waals surface area contributed by atoms with Crippen LogP contribution >= 0.6 is 11.8 Å². The average molecular weight is 255 g/mol. The van der Waals surface area contributed by atoms with Crippen LogP contribution in [0.4, 0.5) is 0 Å². The molecule has 6 heteroatoms. The van der Waals surface area contributed by atoms with E-state index in [4.69, 9.17) is 10.5 Å². The Morgan fingerprint density at radius 2 is 2.17 bits per heavy atom. The van der Waals surface area contributed by atoms with E-state index in [-0.39, 0.29) is 0 Å². The molecule has 0 bridgehead atoms. The molecule has 0 atom stereocenters. The summed E-state index contributed by atoms with van der Waals surface area (Å²) in [5, 5.41) is 26.2. The minimum atomic E-state index is 0.338. The van der Waals surface area contributed by atoms with Gasteiger partial charge in [0.05, 0.1) is 23.5 Å². The summed E-state index contributed by atoms with van der Waals surface area (Å²) >= 11 is 1.34. The van der Waals surface area contributed by atoms with Gasteiger partial charge in [0, 0.05) is 12.6 Å². The van der Waals surface area contributed by atoms with Crippen molar-refractivity contribution in [2.75, 3.05) is 5.75 Å². The van der Waals surface area contributed by atoms with Crippen LogP contribution in [0.3, 0.4) is 0 Å². The Kier molecular flexibility index (Phi) is 3.61. The lowest BCUT2D eigenvalue weighted by molar-refractivity contribution is 0.795. The molecular formula is C12H9N5S. The van der Waals surface area contributed by atoms with E-state index < -0.39 is 0 Å². The summed E-state index contributed by atoms with van der Waals surface area (Å²) in [6.07, 6.45) is 0. The van der Waals surface area contributed by atoms with Crippen molar-refractivity contribution in [2.45, 2.75) is 5.16 Å². The molecule has 0 saturated carbocycles. The van der Waals surface area contributed by atoms with Gasteiger partial charge in [0.2, 0.25) is 0 Å². The Bertz CT molecular complexity index is 647. The van der Waals surface area contributed by atoms with Gasteiger partial charge in [-0.1, -0.05) is 23.9 Å². The van der Waals surface area contributed by atoms with E-state index in [1.807, 2.05) is 29.8 Å². The van der Waals surface area contributed by atoms with Crippen LogP contribution in [-0.2, 0) is 7.05 Å². The maximum Gasteiger partial charge on any atom is 0.192 e. The highest BCUT2D eigenvalue weighted by atomic mass is 32.2. The molecule has 18 heavy (non-hydrogen) atoms. The fourth-order valence-corrected chi connectivity index (χ4v) is 2.09. The van der Waals surface area contributed by atoms with Gasteiger partial charge in [-0.3, -0.25) is 0 Å². The van der Waals surface area contributed by atoms with E-state index in [2.05, 4.69) is 16.3 Å². The molecule has 0 radical (unpaired) electrons. The maximum absolute atomic E-state index is 8.87. The molecule has 0 N–H and O–H groups in total. The summed E-state index contributed by atoms with van der Waals surface area (Å²) in [6.45, 7) is 0. The van der Waals surface area contributed by atoms with Crippen LogP contribution in [-0.4, -0.2) is 20.5 Å². The number of aromatic nitrogens is 3. The van der Waals surface area contributed by atoms with Crippen LogP contribution < -0.4 is 0 Å². The molecule has 0 aliphatic carbocycles. The zero-order valence-corrected chi connectivity index (χ0v) is 10.5. The van der Waals surface area contributed by atoms with Crippen LogP contribution in [0, 0.1) is 22.7 Å². The number of rotatable bonds is 3. The van der Waals surface area contributed by atoms with Gasteiger partial charge in [-0.15, -0.1) is 10.2 Å². The number of nitrogens with zero attached hydrogens (tertiary/aromatic N) is 5. The Labute approximate surface area is 109 Å². The van der Waals surface area contributed by atoms with E-state index in [1.165, 1.54) is 11.8 Å². The summed E-state index contributed by atoms with van der Waals surface area (Å²) in [5.41, 5.74) is 1.43. The molecule has 88 valence electrons. The summed E-state index contributed by atoms with van der Waals surface area (Å²) in [6, 6.07) is 11.3. The quantitative estimate of drug-likeness (QED) is 0.783. The monoisotopic (exact) mass is 255 g/mol. The maximum atomic E-state index is 8.87. The molecule has 0 unspecified atom stereocenters. The van der Waals surface area contributed by atoms with Gasteiger partial charge in [0.25, 0.3) is 0 Å². The van der Waals surface area contributed by atoms with Gasteiger partial charge >= 0.3 is 0 Å². The minimum Gasteiger partial charge on any atom is -0.305 e. The molecule has 1 aromatic carbocycles. The van der Waals surface area contributed by atoms with Gasteiger partial charge in [-0.05, 0) is 12.1 Å². The standard InChI is InChI=1S/C12H9N5S/c1-17-11(15-16-12(17)18-6-5-13)10-4-2-3-9(7-10)8-14/h2-4,7H,6H2,1H3. The van der Waals surface area contributed by atoms with E-state index >= 15 is 0 Å². The van der Waals surface area contributed by atoms with Crippen molar-refractivity contribution < 1.29 is 0 Å². The Morgan fingerprint density at radius 3 is 2.89 bits per heavy atom. The van der Waals surface area contributed by atoms with Gasteiger partial charge < -0.3 is 4.57 Å². The molecule has 1 aromatic heterocycles. The summed E-state index contributed by atoms with van der Waals surface area (Å²) < 4.78 is 1.82. The van der Waals surface area contributed by atoms with Crippen molar-refractivity contribution in [3.8, 4) is 23.5 Å². The predicted molar refractivity (Wildman–Crippen MR) is 67.5 cm³/mol. The third-order valence-electron chi connectivity index (χ3n) is 2.35. The van der Waals surface area contributed by atoms with E-state index in [9.17, 15) is 0 Å². The summed E-state index contributed by atoms with van der Waals surface area (Å²) in [4.78, 5) is 0. The first-order valence-corrected chi connectivity index (χ1v) is 6.14. The number of benzene rings is 1. The van der Waals surface area contributed by atoms with Gasteiger partial charge in [-0.25, -0.2) is 0 Å². The first kappa shape index (κ1) is 12.2. The fourth-order valence-electron chi connectivity index (χ4n) is 1.52. The molecule has 1 heterocycles. The van der Waals surface area contributed by atoms with Gasteiger partial charge in [-0.2, -0.15) is 10.5 Å². The lowest BCUT2D eigenvalue weighted by atomic mass is 10.1. The zero-order chi connectivity index (χ0) is 13.0. The third kappa shape index (κ3) is 2.34. The minimum absolute atomic E-state index is 0.338. The van der Waals surface area contributed by atoms with Crippen molar-refractivity contribution in [3.05, 3.63) is 29.8 Å². The topological polar surface area (TPSA) is 78.3 Å². The Balaban J connectivity index is 2.37. The second-order valence-corrected chi connectivity index (χ2v) is 4.45. The number of hydrogen-bond donors (Lipinski definition) is 0. The van der Waals surface area contributed by atoms with Crippen LogP contribution in [0.2, 0.25) is 0 Å². The predicted octanol–water partition coefficient (Wildman–Crippen LogP) is 1.97. The highest BCUT2D eigenvalue weighted by molar-refractivity contribution is 7.99. The average Bonchev–Trinajstić information content (AvgIpc) is 2.78. The largest absolute Gasteiger partial charge is 0.305 e. The highest BCUT2D eigenvalue weighted by Crippen LogP contribution is 2.22. The first-order chi connectivity index (χ1) is 8.76. The third-order valence-corrected chi connectivity index (χ3v) is 3.24. The van der Waals surface area contributed by atoms with Crippen LogP contribution in [0.1, 0.15) is 5.56 Å². The van der Waals surface area contributed by atoms with Crippen molar-refractivity contribution in [1.29, 1.82) is 10.5 Å². The van der Waals surface area contributed by atoms with Crippen LogP contribution in [0.25, 0.3) is 11.4 Å². The normalized spacial score (nSPS) is 9.72. The van der Waals surface area contributed by atoms with Crippen molar-refractivity contribution >= 4 is 11.8 Å². The molecule has 0 spiro atoms. The smallest absolute Gasteiger partial charge is 0.192 e. The fraction of sp³-hybridized carbons (Fsp3) is 0.167. The van der Waals surface area contributed by atoms with E-state index in [0.717, 1.165) is 5.56 Å². The van der Waals surface area contributed by atoms with Crippen LogP contribution in [0.15, 0.2) is 29.4 Å². The lowest BCUT2D eigenvalue weighted by Crippen LogP contribution is -1.95. The van der Waals surface area contributed by atoms with Gasteiger partial charge in [0.1, 0.15) is 0 Å². The van der Waals surface area contributed by atoms with E-state index in [1.54, 1.807) is 12.1 Å². The number of hydrogen-bond acceptors (Lipinski definition) is 5. The molecule has 0 aliphatic rings. The van der Waals surface area contributed by atoms with Crippen molar-refractivity contribution in [3.63, 3.8) is 0 Å². The van der Waals surface area contributed by atoms with Crippen LogP contribution in [0.5, 0.6) is 0 Å². The Morgan fingerprint density at radius 1 is 1.33 bits per heavy atom. The molecule has 0 saturated heterocycles. The second kappa shape index (κ2) is 5.35. The summed E-state index contributed by atoms with van der Waals surface area (Å²) in [5.74, 6) is 1.03. The van der Waals surface area contributed by atoms with E-state index in [0.29, 0.717) is 22.3 Å². The lowest BCUT2D eigenvalue weighted by Gasteiger charge is -2.02. The van der Waals surface area contributed by atoms with Crippen molar-refractivity contribution in [2.24, 2.45) is 7.05 Å². The molecule has 0 amide bonds. The molecule has 5 nitrogen and oxygen atoms in total.